The highest BCUT2D eigenvalue weighted by Crippen LogP contribution is 2.45. The van der Waals surface area contributed by atoms with Gasteiger partial charge in [0.2, 0.25) is 0 Å². The Labute approximate surface area is 275 Å². The maximum atomic E-state index is 14.0. The summed E-state index contributed by atoms with van der Waals surface area (Å²) in [7, 11) is 1.68. The Hall–Kier alpha value is -3.51. The molecule has 4 rings (SSSR count). The Morgan fingerprint density at radius 3 is 2.27 bits per heavy atom. The van der Waals surface area contributed by atoms with Crippen molar-refractivity contribution >= 4 is 28.5 Å². The highest BCUT2D eigenvalue weighted by Gasteiger charge is 2.58. The first-order valence-corrected chi connectivity index (χ1v) is 17.4. The molecule has 0 spiro atoms. The van der Waals surface area contributed by atoms with Crippen molar-refractivity contribution in [3.63, 3.8) is 0 Å². The highest BCUT2D eigenvalue weighted by atomic mass is 32.2. The number of aryl methyl sites for hydroxylation is 1. The molecule has 1 saturated heterocycles. The van der Waals surface area contributed by atoms with Gasteiger partial charge in [-0.25, -0.2) is 5.01 Å². The van der Waals surface area contributed by atoms with Gasteiger partial charge in [-0.05, 0) is 79.6 Å². The topological polar surface area (TPSA) is 49.9 Å². The number of carbonyl (C=O) groups is 2. The van der Waals surface area contributed by atoms with E-state index in [4.69, 9.17) is 4.74 Å². The van der Waals surface area contributed by atoms with Gasteiger partial charge < -0.3 is 4.74 Å². The second-order valence-corrected chi connectivity index (χ2v) is 13.3. The molecule has 3 aromatic carbocycles. The summed E-state index contributed by atoms with van der Waals surface area (Å²) >= 11 is 1.38. The number of ether oxygens (including phenoxy) is 1. The van der Waals surface area contributed by atoms with Crippen LogP contribution >= 0.6 is 11.8 Å². The minimum atomic E-state index is -0.517. The molecule has 45 heavy (non-hydrogen) atoms. The second kappa shape index (κ2) is 17.3. The first kappa shape index (κ1) is 34.4. The minimum Gasteiger partial charge on any atom is -0.497 e. The summed E-state index contributed by atoms with van der Waals surface area (Å²) in [5.41, 5.74) is 4.01. The van der Waals surface area contributed by atoms with E-state index >= 15 is 0 Å². The zero-order valence-electron chi connectivity index (χ0n) is 27.4. The number of benzene rings is 3. The quantitative estimate of drug-likeness (QED) is 0.0753. The van der Waals surface area contributed by atoms with Crippen molar-refractivity contribution in [1.82, 2.24) is 5.01 Å². The standard InChI is InChI=1S/C39H50N2O3S/c1-5-17-32-19-16-20-33(29-32)30-40-38(43)39(27-6-2,41(40)34-23-25-35(44-4)26-24-34)28-15-11-9-7-8-10-12-22-37(42)45-36-21-14-13-18-31(36)3/h5,13-14,16,18-21,23-26,29H,1,6-12,15,17,22,27-28,30H2,2-4H3. The number of hydrazine groups is 1. The molecule has 1 aliphatic rings. The van der Waals surface area contributed by atoms with Crippen LogP contribution in [0.3, 0.4) is 0 Å². The Balaban J connectivity index is 1.29. The zero-order valence-corrected chi connectivity index (χ0v) is 28.2. The summed E-state index contributed by atoms with van der Waals surface area (Å²) in [6.07, 6.45) is 13.6. The third kappa shape index (κ3) is 9.03. The van der Waals surface area contributed by atoms with Gasteiger partial charge in [-0.2, -0.15) is 0 Å². The van der Waals surface area contributed by atoms with Crippen molar-refractivity contribution in [1.29, 1.82) is 0 Å². The van der Waals surface area contributed by atoms with Crippen LogP contribution in [0.1, 0.15) is 94.2 Å². The van der Waals surface area contributed by atoms with Gasteiger partial charge in [-0.1, -0.05) is 112 Å². The lowest BCUT2D eigenvalue weighted by Gasteiger charge is -2.60. The van der Waals surface area contributed by atoms with Gasteiger partial charge in [0.05, 0.1) is 19.3 Å². The number of anilines is 1. The van der Waals surface area contributed by atoms with Gasteiger partial charge in [0.1, 0.15) is 11.3 Å². The van der Waals surface area contributed by atoms with Crippen LogP contribution in [-0.2, 0) is 22.6 Å². The summed E-state index contributed by atoms with van der Waals surface area (Å²) in [5.74, 6) is 1.03. The van der Waals surface area contributed by atoms with Crippen molar-refractivity contribution in [2.45, 2.75) is 108 Å². The fraction of sp³-hybridized carbons (Fsp3) is 0.436. The van der Waals surface area contributed by atoms with E-state index in [0.717, 1.165) is 91.7 Å². The van der Waals surface area contributed by atoms with Gasteiger partial charge in [0.25, 0.3) is 5.91 Å². The van der Waals surface area contributed by atoms with E-state index in [1.165, 1.54) is 23.7 Å². The van der Waals surface area contributed by atoms with Crippen LogP contribution in [0.2, 0.25) is 0 Å². The number of hydrogen-bond donors (Lipinski definition) is 0. The average Bonchev–Trinajstić information content (AvgIpc) is 3.05. The third-order valence-electron chi connectivity index (χ3n) is 8.75. The number of thioether (sulfide) groups is 1. The van der Waals surface area contributed by atoms with Crippen LogP contribution in [0.5, 0.6) is 5.75 Å². The van der Waals surface area contributed by atoms with Crippen molar-refractivity contribution in [2.24, 2.45) is 0 Å². The molecular formula is C39H50N2O3S. The highest BCUT2D eigenvalue weighted by molar-refractivity contribution is 8.13. The number of nitrogens with zero attached hydrogens (tertiary/aromatic N) is 2. The zero-order chi connectivity index (χ0) is 32.1. The minimum absolute atomic E-state index is 0.225. The SMILES string of the molecule is C=CCc1cccc(CN2C(=O)C(CCC)(CCCCCCCCCC(=O)Sc3ccccc3C)N2c2ccc(OC)cc2)c1. The average molecular weight is 627 g/mol. The van der Waals surface area contributed by atoms with Crippen LogP contribution in [0, 0.1) is 6.92 Å². The molecule has 0 N–H and O–H groups in total. The summed E-state index contributed by atoms with van der Waals surface area (Å²) in [6, 6.07) is 24.6. The van der Waals surface area contributed by atoms with Gasteiger partial charge >= 0.3 is 0 Å². The molecule has 1 fully saturated rings. The van der Waals surface area contributed by atoms with Gasteiger partial charge in [-0.3, -0.25) is 14.6 Å². The smallest absolute Gasteiger partial charge is 0.269 e. The number of methoxy groups -OCH3 is 1. The first-order chi connectivity index (χ1) is 21.9. The lowest BCUT2D eigenvalue weighted by atomic mass is 9.81. The van der Waals surface area contributed by atoms with Crippen LogP contribution in [0.4, 0.5) is 5.69 Å². The fourth-order valence-corrected chi connectivity index (χ4v) is 7.30. The van der Waals surface area contributed by atoms with Crippen molar-refractivity contribution in [2.75, 3.05) is 12.1 Å². The molecule has 1 atom stereocenters. The Kier molecular flexibility index (Phi) is 13.2. The van der Waals surface area contributed by atoms with E-state index < -0.39 is 5.54 Å². The van der Waals surface area contributed by atoms with Crippen molar-refractivity contribution < 1.29 is 14.3 Å². The van der Waals surface area contributed by atoms with E-state index in [2.05, 4.69) is 67.9 Å². The lowest BCUT2D eigenvalue weighted by Crippen LogP contribution is -2.77. The Morgan fingerprint density at radius 1 is 0.889 bits per heavy atom. The summed E-state index contributed by atoms with van der Waals surface area (Å²) in [4.78, 5) is 27.5. The molecule has 0 bridgehead atoms. The molecule has 1 amide bonds. The van der Waals surface area contributed by atoms with E-state index in [-0.39, 0.29) is 11.0 Å². The third-order valence-corrected chi connectivity index (χ3v) is 9.86. The predicted molar refractivity (Wildman–Crippen MR) is 188 cm³/mol. The van der Waals surface area contributed by atoms with Gasteiger partial charge in [-0.15, -0.1) is 6.58 Å². The predicted octanol–water partition coefficient (Wildman–Crippen LogP) is 9.86. The van der Waals surface area contributed by atoms with E-state index in [0.29, 0.717) is 13.0 Å². The van der Waals surface area contributed by atoms with Crippen LogP contribution < -0.4 is 9.75 Å². The number of rotatable bonds is 19. The number of unbranched alkanes of at least 4 members (excludes halogenated alkanes) is 6. The maximum absolute atomic E-state index is 14.0. The molecule has 0 aromatic heterocycles. The number of hydrogen-bond acceptors (Lipinski definition) is 5. The summed E-state index contributed by atoms with van der Waals surface area (Å²) < 4.78 is 5.42. The van der Waals surface area contributed by atoms with Crippen molar-refractivity contribution in [3.8, 4) is 5.75 Å². The number of amides is 1. The number of carbonyl (C=O) groups excluding carboxylic acids is 2. The van der Waals surface area contributed by atoms with E-state index in [9.17, 15) is 9.59 Å². The molecule has 1 aliphatic heterocycles. The van der Waals surface area contributed by atoms with Crippen LogP contribution in [-0.4, -0.2) is 28.7 Å². The molecule has 1 heterocycles. The summed E-state index contributed by atoms with van der Waals surface area (Å²) in [6.45, 7) is 8.65. The maximum Gasteiger partial charge on any atom is 0.269 e. The van der Waals surface area contributed by atoms with E-state index in [1.807, 2.05) is 41.4 Å². The molecule has 3 aromatic rings. The fourth-order valence-electron chi connectivity index (χ4n) is 6.43. The normalized spacial score (nSPS) is 16.0. The summed E-state index contributed by atoms with van der Waals surface area (Å²) in [5, 5.41) is 4.46. The molecule has 0 aliphatic carbocycles. The molecule has 6 heteroatoms. The first-order valence-electron chi connectivity index (χ1n) is 16.6. The monoisotopic (exact) mass is 626 g/mol. The molecule has 5 nitrogen and oxygen atoms in total. The largest absolute Gasteiger partial charge is 0.497 e. The second-order valence-electron chi connectivity index (χ2n) is 12.2. The molecule has 240 valence electrons. The van der Waals surface area contributed by atoms with Crippen LogP contribution in [0.15, 0.2) is 90.3 Å². The van der Waals surface area contributed by atoms with Crippen LogP contribution in [0.25, 0.3) is 0 Å². The molecular weight excluding hydrogens is 577 g/mol. The van der Waals surface area contributed by atoms with Gasteiger partial charge in [0.15, 0.2) is 5.12 Å². The molecule has 0 radical (unpaired) electrons. The lowest BCUT2D eigenvalue weighted by molar-refractivity contribution is -0.156. The van der Waals surface area contributed by atoms with Crippen molar-refractivity contribution in [3.05, 3.63) is 102 Å². The molecule has 0 saturated carbocycles. The Bertz CT molecular complexity index is 1410. The number of allylic oxidation sites excluding steroid dienone is 1. The van der Waals surface area contributed by atoms with E-state index in [1.54, 1.807) is 7.11 Å². The molecule has 1 unspecified atom stereocenters. The Morgan fingerprint density at radius 2 is 1.58 bits per heavy atom. The van der Waals surface area contributed by atoms with Gasteiger partial charge in [0, 0.05) is 11.3 Å².